The molecule has 116 valence electrons. The summed E-state index contributed by atoms with van der Waals surface area (Å²) in [5.74, 6) is -0.591. The van der Waals surface area contributed by atoms with E-state index >= 15 is 0 Å². The molecule has 1 N–H and O–H groups in total. The molecule has 0 spiro atoms. The number of aliphatic hydroxyl groups is 1. The number of halogens is 1. The van der Waals surface area contributed by atoms with Crippen LogP contribution in [0.15, 0.2) is 36.7 Å². The van der Waals surface area contributed by atoms with Crippen LogP contribution in [0.1, 0.15) is 23.7 Å². The summed E-state index contributed by atoms with van der Waals surface area (Å²) in [5, 5.41) is 13.6. The minimum atomic E-state index is -0.485. The summed E-state index contributed by atoms with van der Waals surface area (Å²) in [6.45, 7) is 2.84. The van der Waals surface area contributed by atoms with E-state index in [1.807, 2.05) is 0 Å². The van der Waals surface area contributed by atoms with Crippen molar-refractivity contribution in [3.05, 3.63) is 48.0 Å². The molecule has 0 saturated carbocycles. The number of likely N-dealkylation sites (tertiary alicyclic amines) is 1. The number of rotatable bonds is 3. The fourth-order valence-corrected chi connectivity index (χ4v) is 2.79. The van der Waals surface area contributed by atoms with Crippen LogP contribution in [0.3, 0.4) is 0 Å². The van der Waals surface area contributed by atoms with Crippen molar-refractivity contribution in [3.63, 3.8) is 0 Å². The van der Waals surface area contributed by atoms with Gasteiger partial charge < -0.3 is 10.0 Å². The van der Waals surface area contributed by atoms with E-state index in [0.29, 0.717) is 24.3 Å². The molecule has 1 aromatic carbocycles. The van der Waals surface area contributed by atoms with Crippen molar-refractivity contribution < 1.29 is 14.3 Å². The van der Waals surface area contributed by atoms with Crippen molar-refractivity contribution in [1.82, 2.24) is 14.7 Å². The highest BCUT2D eigenvalue weighted by molar-refractivity contribution is 5.94. The van der Waals surface area contributed by atoms with Gasteiger partial charge in [0.1, 0.15) is 11.5 Å². The average Bonchev–Trinajstić information content (AvgIpc) is 3.17. The Morgan fingerprint density at radius 1 is 1.50 bits per heavy atom. The number of aromatic nitrogens is 2. The van der Waals surface area contributed by atoms with Gasteiger partial charge in [0.15, 0.2) is 0 Å². The van der Waals surface area contributed by atoms with Crippen LogP contribution in [0, 0.1) is 11.7 Å². The third-order valence-electron chi connectivity index (χ3n) is 4.14. The Labute approximate surface area is 128 Å². The molecule has 0 bridgehead atoms. The molecule has 22 heavy (non-hydrogen) atoms. The van der Waals surface area contributed by atoms with Crippen molar-refractivity contribution in [1.29, 1.82) is 0 Å². The van der Waals surface area contributed by atoms with E-state index in [-0.39, 0.29) is 11.8 Å². The van der Waals surface area contributed by atoms with Crippen LogP contribution in [-0.4, -0.2) is 44.9 Å². The highest BCUT2D eigenvalue weighted by atomic mass is 19.1. The Morgan fingerprint density at radius 3 is 2.91 bits per heavy atom. The zero-order valence-corrected chi connectivity index (χ0v) is 12.3. The molecule has 1 saturated heterocycles. The summed E-state index contributed by atoms with van der Waals surface area (Å²) in [7, 11) is 0. The number of amides is 1. The van der Waals surface area contributed by atoms with Gasteiger partial charge in [-0.2, -0.15) is 5.10 Å². The lowest BCUT2D eigenvalue weighted by Gasteiger charge is -2.18. The maximum atomic E-state index is 14.2. The largest absolute Gasteiger partial charge is 0.393 e. The molecular weight excluding hydrogens is 285 g/mol. The zero-order valence-electron chi connectivity index (χ0n) is 12.3. The summed E-state index contributed by atoms with van der Waals surface area (Å²) in [4.78, 5) is 14.1. The first-order valence-electron chi connectivity index (χ1n) is 7.33. The summed E-state index contributed by atoms with van der Waals surface area (Å²) in [5.41, 5.74) is 0.629. The van der Waals surface area contributed by atoms with Crippen LogP contribution in [0.4, 0.5) is 4.39 Å². The number of nitrogens with zero attached hydrogens (tertiary/aromatic N) is 3. The van der Waals surface area contributed by atoms with Gasteiger partial charge >= 0.3 is 0 Å². The van der Waals surface area contributed by atoms with Crippen molar-refractivity contribution in [2.45, 2.75) is 19.4 Å². The van der Waals surface area contributed by atoms with E-state index in [9.17, 15) is 14.3 Å². The maximum absolute atomic E-state index is 14.2. The molecular formula is C16H18FN3O2. The Balaban J connectivity index is 1.78. The topological polar surface area (TPSA) is 58.4 Å². The number of hydrogen-bond donors (Lipinski definition) is 1. The summed E-state index contributed by atoms with van der Waals surface area (Å²) < 4.78 is 15.6. The first kappa shape index (κ1) is 14.7. The minimum absolute atomic E-state index is 0.0946. The molecule has 0 aliphatic carbocycles. The van der Waals surface area contributed by atoms with Gasteiger partial charge in [0.05, 0.1) is 6.10 Å². The van der Waals surface area contributed by atoms with E-state index in [1.54, 1.807) is 42.4 Å². The lowest BCUT2D eigenvalue weighted by Crippen LogP contribution is -2.30. The molecule has 5 nitrogen and oxygen atoms in total. The second-order valence-electron chi connectivity index (χ2n) is 5.66. The monoisotopic (exact) mass is 303 g/mol. The summed E-state index contributed by atoms with van der Waals surface area (Å²) >= 11 is 0. The molecule has 1 fully saturated rings. The Kier molecular flexibility index (Phi) is 3.94. The Hall–Kier alpha value is -2.21. The standard InChI is InChI=1S/C16H18FN3O2/c1-11(21)13-5-8-19(10-13)16(22)12-3-4-15(14(17)9-12)20-7-2-6-18-20/h2-4,6-7,9,11,13,21H,5,8,10H2,1H3. The lowest BCUT2D eigenvalue weighted by atomic mass is 10.0. The predicted molar refractivity (Wildman–Crippen MR) is 79.2 cm³/mol. The van der Waals surface area contributed by atoms with Crippen molar-refractivity contribution >= 4 is 5.91 Å². The van der Waals surface area contributed by atoms with E-state index < -0.39 is 11.9 Å². The molecule has 2 unspecified atom stereocenters. The van der Waals surface area contributed by atoms with Crippen molar-refractivity contribution in [2.24, 2.45) is 5.92 Å². The zero-order chi connectivity index (χ0) is 15.7. The highest BCUT2D eigenvalue weighted by Gasteiger charge is 2.29. The number of aliphatic hydroxyl groups excluding tert-OH is 1. The maximum Gasteiger partial charge on any atom is 0.253 e. The van der Waals surface area contributed by atoms with Crippen LogP contribution in [-0.2, 0) is 0 Å². The highest BCUT2D eigenvalue weighted by Crippen LogP contribution is 2.22. The van der Waals surface area contributed by atoms with Crippen LogP contribution in [0.5, 0.6) is 0 Å². The first-order valence-corrected chi connectivity index (χ1v) is 7.33. The van der Waals surface area contributed by atoms with E-state index in [4.69, 9.17) is 0 Å². The average molecular weight is 303 g/mol. The molecule has 2 heterocycles. The quantitative estimate of drug-likeness (QED) is 0.941. The fraction of sp³-hybridized carbons (Fsp3) is 0.375. The van der Waals surface area contributed by atoms with Crippen molar-refractivity contribution in [2.75, 3.05) is 13.1 Å². The van der Waals surface area contributed by atoms with Gasteiger partial charge in [-0.05, 0) is 37.6 Å². The van der Waals surface area contributed by atoms with Gasteiger partial charge in [-0.15, -0.1) is 0 Å². The molecule has 6 heteroatoms. The third-order valence-corrected chi connectivity index (χ3v) is 4.14. The van der Waals surface area contributed by atoms with Crippen LogP contribution >= 0.6 is 0 Å². The van der Waals surface area contributed by atoms with Gasteiger partial charge in [0, 0.05) is 37.0 Å². The second-order valence-corrected chi connectivity index (χ2v) is 5.66. The number of hydrogen-bond acceptors (Lipinski definition) is 3. The van der Waals surface area contributed by atoms with E-state index in [1.165, 1.54) is 10.7 Å². The molecule has 1 aromatic heterocycles. The normalized spacial score (nSPS) is 19.4. The molecule has 3 rings (SSSR count). The number of benzene rings is 1. The van der Waals surface area contributed by atoms with E-state index in [2.05, 4.69) is 5.10 Å². The van der Waals surface area contributed by atoms with Gasteiger partial charge in [0.2, 0.25) is 0 Å². The fourth-order valence-electron chi connectivity index (χ4n) is 2.79. The summed E-state index contributed by atoms with van der Waals surface area (Å²) in [6.07, 6.45) is 3.56. The molecule has 2 atom stereocenters. The van der Waals surface area contributed by atoms with Gasteiger partial charge in [0.25, 0.3) is 5.91 Å². The summed E-state index contributed by atoms with van der Waals surface area (Å²) in [6, 6.07) is 6.11. The third kappa shape index (κ3) is 2.74. The molecule has 0 radical (unpaired) electrons. The Bertz CT molecular complexity index is 670. The second kappa shape index (κ2) is 5.88. The van der Waals surface area contributed by atoms with Gasteiger partial charge in [-0.3, -0.25) is 4.79 Å². The van der Waals surface area contributed by atoms with Crippen molar-refractivity contribution in [3.8, 4) is 5.69 Å². The van der Waals surface area contributed by atoms with Gasteiger partial charge in [-0.1, -0.05) is 0 Å². The predicted octanol–water partition coefficient (Wildman–Crippen LogP) is 1.85. The molecule has 1 aliphatic rings. The van der Waals surface area contributed by atoms with Gasteiger partial charge in [-0.25, -0.2) is 9.07 Å². The van der Waals surface area contributed by atoms with Crippen LogP contribution in [0.2, 0.25) is 0 Å². The molecule has 2 aromatic rings. The smallest absolute Gasteiger partial charge is 0.253 e. The number of carbonyl (C=O) groups excluding carboxylic acids is 1. The SMILES string of the molecule is CC(O)C1CCN(C(=O)c2ccc(-n3cccn3)c(F)c2)C1. The van der Waals surface area contributed by atoms with Crippen LogP contribution < -0.4 is 0 Å². The lowest BCUT2D eigenvalue weighted by molar-refractivity contribution is 0.0762. The number of carbonyl (C=O) groups is 1. The van der Waals surface area contributed by atoms with E-state index in [0.717, 1.165) is 6.42 Å². The van der Waals surface area contributed by atoms with Crippen LogP contribution in [0.25, 0.3) is 5.69 Å². The first-order chi connectivity index (χ1) is 10.6. The molecule has 1 aliphatic heterocycles. The minimum Gasteiger partial charge on any atom is -0.393 e. The molecule has 1 amide bonds. The Morgan fingerprint density at radius 2 is 2.32 bits per heavy atom.